The highest BCUT2D eigenvalue weighted by Gasteiger charge is 2.23. The van der Waals surface area contributed by atoms with Crippen LogP contribution in [0, 0.1) is 0 Å². The van der Waals surface area contributed by atoms with Gasteiger partial charge in [-0.3, -0.25) is 0 Å². The molecule has 1 heterocycles. The van der Waals surface area contributed by atoms with Crippen LogP contribution in [0.5, 0.6) is 5.75 Å². The SMILES string of the molecule is OCc1ccccc1OC[C@@H]1CO1. The fraction of sp³-hybridized carbons (Fsp3) is 0.400. The van der Waals surface area contributed by atoms with Gasteiger partial charge in [-0.05, 0) is 6.07 Å². The zero-order valence-corrected chi connectivity index (χ0v) is 7.27. The zero-order chi connectivity index (χ0) is 9.10. The summed E-state index contributed by atoms with van der Waals surface area (Å²) in [5.41, 5.74) is 0.822. The quantitative estimate of drug-likeness (QED) is 0.701. The Balaban J connectivity index is 1.99. The molecule has 1 saturated heterocycles. The summed E-state index contributed by atoms with van der Waals surface area (Å²) in [6.45, 7) is 1.39. The largest absolute Gasteiger partial charge is 0.490 e. The third-order valence-electron chi connectivity index (χ3n) is 1.97. The Bertz CT molecular complexity index is 281. The molecule has 0 aromatic heterocycles. The van der Waals surface area contributed by atoms with E-state index in [2.05, 4.69) is 0 Å². The molecule has 1 aromatic carbocycles. The molecule has 13 heavy (non-hydrogen) atoms. The molecule has 0 bridgehead atoms. The van der Waals surface area contributed by atoms with Crippen LogP contribution in [0.15, 0.2) is 24.3 Å². The minimum atomic E-state index is 0.0156. The van der Waals surface area contributed by atoms with Crippen LogP contribution in [0.1, 0.15) is 5.56 Å². The summed E-state index contributed by atoms with van der Waals surface area (Å²) in [5.74, 6) is 0.750. The molecule has 0 radical (unpaired) electrons. The first-order chi connectivity index (χ1) is 6.40. The van der Waals surface area contributed by atoms with E-state index in [1.54, 1.807) is 0 Å². The molecule has 1 aliphatic heterocycles. The average Bonchev–Trinajstić information content (AvgIpc) is 2.99. The van der Waals surface area contributed by atoms with Crippen molar-refractivity contribution in [2.45, 2.75) is 12.7 Å². The lowest BCUT2D eigenvalue weighted by Gasteiger charge is -2.07. The molecule has 0 saturated carbocycles. The van der Waals surface area contributed by atoms with Gasteiger partial charge in [-0.15, -0.1) is 0 Å². The second-order valence-electron chi connectivity index (χ2n) is 3.03. The van der Waals surface area contributed by atoms with Gasteiger partial charge >= 0.3 is 0 Å². The number of para-hydroxylation sites is 1. The van der Waals surface area contributed by atoms with Gasteiger partial charge in [-0.2, -0.15) is 0 Å². The van der Waals surface area contributed by atoms with E-state index in [1.165, 1.54) is 0 Å². The molecule has 0 aliphatic carbocycles. The minimum Gasteiger partial charge on any atom is -0.490 e. The summed E-state index contributed by atoms with van der Waals surface area (Å²) in [5, 5.41) is 8.99. The standard InChI is InChI=1S/C10H12O3/c11-5-8-3-1-2-4-10(8)13-7-9-6-12-9/h1-4,9,11H,5-7H2/t9-/m0/s1. The number of rotatable bonds is 4. The van der Waals surface area contributed by atoms with E-state index in [1.807, 2.05) is 24.3 Å². The van der Waals surface area contributed by atoms with Crippen molar-refractivity contribution < 1.29 is 14.6 Å². The lowest BCUT2D eigenvalue weighted by molar-refractivity contribution is 0.243. The Morgan fingerprint density at radius 2 is 2.23 bits per heavy atom. The van der Waals surface area contributed by atoms with Gasteiger partial charge in [0.05, 0.1) is 13.2 Å². The second kappa shape index (κ2) is 3.77. The Morgan fingerprint density at radius 3 is 2.92 bits per heavy atom. The third kappa shape index (κ3) is 2.20. The van der Waals surface area contributed by atoms with Gasteiger partial charge in [0.2, 0.25) is 0 Å². The van der Waals surface area contributed by atoms with E-state index >= 15 is 0 Å². The molecule has 2 rings (SSSR count). The molecule has 1 N–H and O–H groups in total. The van der Waals surface area contributed by atoms with E-state index in [4.69, 9.17) is 14.6 Å². The fourth-order valence-corrected chi connectivity index (χ4v) is 1.12. The Labute approximate surface area is 76.9 Å². The van der Waals surface area contributed by atoms with E-state index in [0.717, 1.165) is 17.9 Å². The first-order valence-corrected chi connectivity index (χ1v) is 4.33. The van der Waals surface area contributed by atoms with Crippen molar-refractivity contribution in [1.29, 1.82) is 0 Å². The van der Waals surface area contributed by atoms with Crippen molar-refractivity contribution in [3.63, 3.8) is 0 Å². The van der Waals surface area contributed by atoms with Crippen LogP contribution in [0.2, 0.25) is 0 Å². The average molecular weight is 180 g/mol. The molecular weight excluding hydrogens is 168 g/mol. The number of aliphatic hydroxyl groups excluding tert-OH is 1. The molecule has 70 valence electrons. The van der Waals surface area contributed by atoms with Crippen molar-refractivity contribution in [1.82, 2.24) is 0 Å². The molecular formula is C10H12O3. The van der Waals surface area contributed by atoms with E-state index in [0.29, 0.717) is 6.61 Å². The number of benzene rings is 1. The van der Waals surface area contributed by atoms with Gasteiger partial charge in [0.1, 0.15) is 18.5 Å². The maximum absolute atomic E-state index is 8.99. The second-order valence-corrected chi connectivity index (χ2v) is 3.03. The van der Waals surface area contributed by atoms with E-state index < -0.39 is 0 Å². The smallest absolute Gasteiger partial charge is 0.124 e. The highest BCUT2D eigenvalue weighted by molar-refractivity contribution is 5.32. The van der Waals surface area contributed by atoms with Gasteiger partial charge in [0, 0.05) is 5.56 Å². The predicted molar refractivity (Wildman–Crippen MR) is 47.6 cm³/mol. The van der Waals surface area contributed by atoms with Crippen molar-refractivity contribution in [3.05, 3.63) is 29.8 Å². The van der Waals surface area contributed by atoms with Crippen LogP contribution in [0.4, 0.5) is 0 Å². The van der Waals surface area contributed by atoms with Gasteiger partial charge in [0.15, 0.2) is 0 Å². The Kier molecular flexibility index (Phi) is 2.47. The number of ether oxygens (including phenoxy) is 2. The van der Waals surface area contributed by atoms with Crippen LogP contribution in [0.25, 0.3) is 0 Å². The van der Waals surface area contributed by atoms with Gasteiger partial charge < -0.3 is 14.6 Å². The van der Waals surface area contributed by atoms with Gasteiger partial charge in [-0.25, -0.2) is 0 Å². The van der Waals surface area contributed by atoms with Crippen molar-refractivity contribution in [2.75, 3.05) is 13.2 Å². The van der Waals surface area contributed by atoms with Crippen molar-refractivity contribution >= 4 is 0 Å². The normalized spacial score (nSPS) is 19.9. The van der Waals surface area contributed by atoms with Crippen LogP contribution < -0.4 is 4.74 Å². The fourth-order valence-electron chi connectivity index (χ4n) is 1.12. The lowest BCUT2D eigenvalue weighted by Crippen LogP contribution is -2.05. The number of hydrogen-bond donors (Lipinski definition) is 1. The molecule has 0 unspecified atom stereocenters. The van der Waals surface area contributed by atoms with E-state index in [9.17, 15) is 0 Å². The van der Waals surface area contributed by atoms with Gasteiger partial charge in [-0.1, -0.05) is 18.2 Å². The highest BCUT2D eigenvalue weighted by atomic mass is 16.6. The monoisotopic (exact) mass is 180 g/mol. The van der Waals surface area contributed by atoms with E-state index in [-0.39, 0.29) is 12.7 Å². The van der Waals surface area contributed by atoms with Crippen molar-refractivity contribution in [2.24, 2.45) is 0 Å². The maximum atomic E-state index is 8.99. The Morgan fingerprint density at radius 1 is 1.46 bits per heavy atom. The molecule has 1 fully saturated rings. The van der Waals surface area contributed by atoms with Crippen LogP contribution in [-0.4, -0.2) is 24.4 Å². The molecule has 0 amide bonds. The highest BCUT2D eigenvalue weighted by Crippen LogP contribution is 2.19. The number of aliphatic hydroxyl groups is 1. The molecule has 1 aromatic rings. The van der Waals surface area contributed by atoms with Crippen LogP contribution in [0.3, 0.4) is 0 Å². The summed E-state index contributed by atoms with van der Waals surface area (Å²) < 4.78 is 10.5. The minimum absolute atomic E-state index is 0.0156. The lowest BCUT2D eigenvalue weighted by atomic mass is 10.2. The summed E-state index contributed by atoms with van der Waals surface area (Å²) in [6.07, 6.45) is 0.256. The molecule has 1 atom stereocenters. The predicted octanol–water partition coefficient (Wildman–Crippen LogP) is 0.956. The molecule has 1 aliphatic rings. The summed E-state index contributed by atoms with van der Waals surface area (Å²) in [6, 6.07) is 7.48. The third-order valence-corrected chi connectivity index (χ3v) is 1.97. The maximum Gasteiger partial charge on any atom is 0.124 e. The van der Waals surface area contributed by atoms with Crippen molar-refractivity contribution in [3.8, 4) is 5.75 Å². The first kappa shape index (κ1) is 8.53. The summed E-state index contributed by atoms with van der Waals surface area (Å²) >= 11 is 0. The molecule has 0 spiro atoms. The van der Waals surface area contributed by atoms with Gasteiger partial charge in [0.25, 0.3) is 0 Å². The first-order valence-electron chi connectivity index (χ1n) is 4.33. The number of hydrogen-bond acceptors (Lipinski definition) is 3. The molecule has 3 nitrogen and oxygen atoms in total. The van der Waals surface area contributed by atoms with Crippen LogP contribution >= 0.6 is 0 Å². The van der Waals surface area contributed by atoms with Crippen LogP contribution in [-0.2, 0) is 11.3 Å². The zero-order valence-electron chi connectivity index (χ0n) is 7.27. The number of epoxide rings is 1. The molecule has 3 heteroatoms. The summed E-state index contributed by atoms with van der Waals surface area (Å²) in [7, 11) is 0. The Hall–Kier alpha value is -1.06. The summed E-state index contributed by atoms with van der Waals surface area (Å²) in [4.78, 5) is 0. The topological polar surface area (TPSA) is 42.0 Å².